The summed E-state index contributed by atoms with van der Waals surface area (Å²) in [4.78, 5) is 2.43. The molecule has 1 aliphatic heterocycles. The quantitative estimate of drug-likeness (QED) is 0.669. The van der Waals surface area contributed by atoms with E-state index in [-0.39, 0.29) is 0 Å². The molecule has 1 aliphatic rings. The van der Waals surface area contributed by atoms with Crippen LogP contribution in [0.25, 0.3) is 0 Å². The second-order valence-electron chi connectivity index (χ2n) is 4.13. The van der Waals surface area contributed by atoms with Gasteiger partial charge in [-0.1, -0.05) is 6.92 Å². The molecule has 13 heavy (non-hydrogen) atoms. The minimum Gasteiger partial charge on any atom is -0.396 e. The molecule has 0 aromatic rings. The molecule has 1 fully saturated rings. The topological polar surface area (TPSA) is 49.5 Å². The average Bonchev–Trinajstić information content (AvgIpc) is 2.04. The number of nitrogens with zero attached hydrogens (tertiary/aromatic N) is 1. The smallest absolute Gasteiger partial charge is 0.0434 e. The van der Waals surface area contributed by atoms with E-state index >= 15 is 0 Å². The van der Waals surface area contributed by atoms with E-state index in [0.29, 0.717) is 18.6 Å². The molecule has 0 aromatic carbocycles. The molecule has 3 heteroatoms. The summed E-state index contributed by atoms with van der Waals surface area (Å²) in [5, 5.41) is 8.86. The van der Waals surface area contributed by atoms with E-state index < -0.39 is 0 Å². The zero-order valence-corrected chi connectivity index (χ0v) is 8.58. The molecule has 78 valence electrons. The summed E-state index contributed by atoms with van der Waals surface area (Å²) in [6.45, 7) is 5.81. The molecule has 3 N–H and O–H groups in total. The molecule has 0 radical (unpaired) electrons. The van der Waals surface area contributed by atoms with Crippen molar-refractivity contribution in [3.05, 3.63) is 0 Å². The summed E-state index contributed by atoms with van der Waals surface area (Å²) in [6.07, 6.45) is 3.19. The van der Waals surface area contributed by atoms with E-state index in [0.717, 1.165) is 32.5 Å². The Hall–Kier alpha value is -0.120. The Balaban J connectivity index is 2.33. The Bertz CT molecular complexity index is 127. The van der Waals surface area contributed by atoms with Crippen LogP contribution in [0, 0.1) is 5.92 Å². The lowest BCUT2D eigenvalue weighted by Gasteiger charge is -2.35. The number of rotatable bonds is 4. The standard InChI is InChI=1S/C10H22N2O/c1-2-4-12-7-9(3-5-13)6-10(11)8-12/h9-10,13H,2-8,11H2,1H3. The Labute approximate surface area is 80.9 Å². The zero-order valence-electron chi connectivity index (χ0n) is 8.58. The maximum Gasteiger partial charge on any atom is 0.0434 e. The van der Waals surface area contributed by atoms with Gasteiger partial charge < -0.3 is 15.7 Å². The third-order valence-electron chi connectivity index (χ3n) is 2.72. The van der Waals surface area contributed by atoms with Crippen molar-refractivity contribution in [2.24, 2.45) is 11.7 Å². The van der Waals surface area contributed by atoms with Crippen molar-refractivity contribution in [2.45, 2.75) is 32.2 Å². The third kappa shape index (κ3) is 3.63. The highest BCUT2D eigenvalue weighted by Crippen LogP contribution is 2.18. The molecule has 0 aliphatic carbocycles. The highest BCUT2D eigenvalue weighted by molar-refractivity contribution is 4.80. The summed E-state index contributed by atoms with van der Waals surface area (Å²) in [7, 11) is 0. The van der Waals surface area contributed by atoms with Gasteiger partial charge in [0.1, 0.15) is 0 Å². The predicted molar refractivity (Wildman–Crippen MR) is 54.5 cm³/mol. The zero-order chi connectivity index (χ0) is 9.68. The fourth-order valence-corrected chi connectivity index (χ4v) is 2.24. The van der Waals surface area contributed by atoms with Gasteiger partial charge >= 0.3 is 0 Å². The minimum atomic E-state index is 0.303. The van der Waals surface area contributed by atoms with Crippen molar-refractivity contribution < 1.29 is 5.11 Å². The maximum absolute atomic E-state index is 8.86. The van der Waals surface area contributed by atoms with E-state index in [9.17, 15) is 0 Å². The van der Waals surface area contributed by atoms with Crippen LogP contribution in [0.2, 0.25) is 0 Å². The number of hydrogen-bond acceptors (Lipinski definition) is 3. The van der Waals surface area contributed by atoms with Gasteiger partial charge in [0.25, 0.3) is 0 Å². The molecule has 3 nitrogen and oxygen atoms in total. The number of piperidine rings is 1. The first-order valence-electron chi connectivity index (χ1n) is 5.35. The van der Waals surface area contributed by atoms with Crippen molar-refractivity contribution in [1.29, 1.82) is 0 Å². The van der Waals surface area contributed by atoms with Gasteiger partial charge in [0, 0.05) is 25.7 Å². The van der Waals surface area contributed by atoms with Crippen LogP contribution in [0.5, 0.6) is 0 Å². The Morgan fingerprint density at radius 2 is 2.23 bits per heavy atom. The Morgan fingerprint density at radius 3 is 2.85 bits per heavy atom. The van der Waals surface area contributed by atoms with Crippen LogP contribution in [0.4, 0.5) is 0 Å². The number of aliphatic hydroxyl groups is 1. The highest BCUT2D eigenvalue weighted by atomic mass is 16.3. The van der Waals surface area contributed by atoms with Crippen LogP contribution in [0.1, 0.15) is 26.2 Å². The summed E-state index contributed by atoms with van der Waals surface area (Å²) in [5.74, 6) is 0.611. The van der Waals surface area contributed by atoms with Gasteiger partial charge in [-0.15, -0.1) is 0 Å². The van der Waals surface area contributed by atoms with E-state index in [1.807, 2.05) is 0 Å². The third-order valence-corrected chi connectivity index (χ3v) is 2.72. The summed E-state index contributed by atoms with van der Waals surface area (Å²) in [6, 6.07) is 0.317. The molecular formula is C10H22N2O. The van der Waals surface area contributed by atoms with Gasteiger partial charge in [-0.05, 0) is 31.7 Å². The highest BCUT2D eigenvalue weighted by Gasteiger charge is 2.23. The maximum atomic E-state index is 8.86. The molecule has 1 saturated heterocycles. The lowest BCUT2D eigenvalue weighted by atomic mass is 9.92. The van der Waals surface area contributed by atoms with Crippen molar-refractivity contribution in [1.82, 2.24) is 4.90 Å². The number of nitrogens with two attached hydrogens (primary N) is 1. The molecule has 0 spiro atoms. The van der Waals surface area contributed by atoms with Crippen molar-refractivity contribution in [2.75, 3.05) is 26.2 Å². The first-order chi connectivity index (χ1) is 6.26. The van der Waals surface area contributed by atoms with E-state index in [2.05, 4.69) is 11.8 Å². The Kier molecular flexibility index (Phi) is 4.70. The van der Waals surface area contributed by atoms with Gasteiger partial charge in [0.05, 0.1) is 0 Å². The van der Waals surface area contributed by atoms with Crippen molar-refractivity contribution in [3.63, 3.8) is 0 Å². The fraction of sp³-hybridized carbons (Fsp3) is 1.00. The lowest BCUT2D eigenvalue weighted by molar-refractivity contribution is 0.134. The van der Waals surface area contributed by atoms with Crippen molar-refractivity contribution >= 4 is 0 Å². The minimum absolute atomic E-state index is 0.303. The predicted octanol–water partition coefficient (Wildman–Crippen LogP) is 0.428. The van der Waals surface area contributed by atoms with Gasteiger partial charge in [0.15, 0.2) is 0 Å². The molecule has 0 saturated carbocycles. The first-order valence-corrected chi connectivity index (χ1v) is 5.35. The monoisotopic (exact) mass is 186 g/mol. The Morgan fingerprint density at radius 1 is 1.46 bits per heavy atom. The van der Waals surface area contributed by atoms with E-state index in [1.54, 1.807) is 0 Å². The van der Waals surface area contributed by atoms with Gasteiger partial charge in [-0.2, -0.15) is 0 Å². The van der Waals surface area contributed by atoms with Crippen LogP contribution >= 0.6 is 0 Å². The fourth-order valence-electron chi connectivity index (χ4n) is 2.24. The summed E-state index contributed by atoms with van der Waals surface area (Å²) < 4.78 is 0. The van der Waals surface area contributed by atoms with Gasteiger partial charge in [-0.25, -0.2) is 0 Å². The number of aliphatic hydroxyl groups excluding tert-OH is 1. The first kappa shape index (κ1) is 11.0. The van der Waals surface area contributed by atoms with Crippen LogP contribution in [-0.4, -0.2) is 42.3 Å². The van der Waals surface area contributed by atoms with Gasteiger partial charge in [0.2, 0.25) is 0 Å². The summed E-state index contributed by atoms with van der Waals surface area (Å²) >= 11 is 0. The molecule has 2 atom stereocenters. The molecule has 0 aromatic heterocycles. The van der Waals surface area contributed by atoms with Gasteiger partial charge in [-0.3, -0.25) is 0 Å². The molecule has 1 heterocycles. The second-order valence-corrected chi connectivity index (χ2v) is 4.13. The normalized spacial score (nSPS) is 30.7. The molecule has 0 amide bonds. The SMILES string of the molecule is CCCN1CC(N)CC(CCO)C1. The second kappa shape index (κ2) is 5.58. The summed E-state index contributed by atoms with van der Waals surface area (Å²) in [5.41, 5.74) is 5.95. The lowest BCUT2D eigenvalue weighted by Crippen LogP contribution is -2.47. The van der Waals surface area contributed by atoms with Crippen LogP contribution in [-0.2, 0) is 0 Å². The van der Waals surface area contributed by atoms with Crippen molar-refractivity contribution in [3.8, 4) is 0 Å². The molecule has 2 unspecified atom stereocenters. The number of hydrogen-bond donors (Lipinski definition) is 2. The molecular weight excluding hydrogens is 164 g/mol. The average molecular weight is 186 g/mol. The van der Waals surface area contributed by atoms with Crippen LogP contribution < -0.4 is 5.73 Å². The largest absolute Gasteiger partial charge is 0.396 e. The van der Waals surface area contributed by atoms with E-state index in [4.69, 9.17) is 10.8 Å². The molecule has 0 bridgehead atoms. The van der Waals surface area contributed by atoms with Crippen LogP contribution in [0.3, 0.4) is 0 Å². The van der Waals surface area contributed by atoms with Crippen LogP contribution in [0.15, 0.2) is 0 Å². The van der Waals surface area contributed by atoms with E-state index in [1.165, 1.54) is 6.42 Å². The molecule has 1 rings (SSSR count). The number of likely N-dealkylation sites (tertiary alicyclic amines) is 1.